The van der Waals surface area contributed by atoms with E-state index in [4.69, 9.17) is 4.74 Å². The second kappa shape index (κ2) is 6.48. The van der Waals surface area contributed by atoms with Crippen LogP contribution in [0, 0.1) is 0 Å². The van der Waals surface area contributed by atoms with Crippen molar-refractivity contribution in [3.8, 4) is 17.4 Å². The van der Waals surface area contributed by atoms with Crippen molar-refractivity contribution in [2.75, 3.05) is 12.9 Å². The molecule has 0 aliphatic carbocycles. The molecule has 3 aromatic rings. The number of nitrogens with zero attached hydrogens (tertiary/aromatic N) is 4. The van der Waals surface area contributed by atoms with Crippen molar-refractivity contribution in [2.45, 2.75) is 18.0 Å². The summed E-state index contributed by atoms with van der Waals surface area (Å²) in [5.41, 5.74) is -0.295. The van der Waals surface area contributed by atoms with E-state index in [0.717, 1.165) is 0 Å². The first-order chi connectivity index (χ1) is 12.6. The number of imidazole rings is 1. The van der Waals surface area contributed by atoms with Crippen LogP contribution in [0.25, 0.3) is 22.6 Å². The van der Waals surface area contributed by atoms with Crippen LogP contribution in [-0.4, -0.2) is 40.8 Å². The smallest absolute Gasteiger partial charge is 0.417 e. The van der Waals surface area contributed by atoms with E-state index < -0.39 is 26.5 Å². The molecule has 0 spiro atoms. The SMILES string of the molecule is CCS(=O)(=O)c1cc(C(F)(F)F)cnc1-c1nc2cc(OC)ncc2n1C. The van der Waals surface area contributed by atoms with Gasteiger partial charge in [0.05, 0.1) is 40.6 Å². The van der Waals surface area contributed by atoms with Gasteiger partial charge in [0, 0.05) is 19.3 Å². The molecule has 3 rings (SSSR count). The summed E-state index contributed by atoms with van der Waals surface area (Å²) in [6.07, 6.45) is -2.64. The zero-order valence-corrected chi connectivity index (χ0v) is 15.4. The van der Waals surface area contributed by atoms with E-state index >= 15 is 0 Å². The number of hydrogen-bond donors (Lipinski definition) is 0. The number of ether oxygens (including phenoxy) is 1. The summed E-state index contributed by atoms with van der Waals surface area (Å²) in [4.78, 5) is 11.7. The molecule has 0 unspecified atom stereocenters. The Bertz CT molecular complexity index is 1120. The monoisotopic (exact) mass is 400 g/mol. The average molecular weight is 400 g/mol. The minimum absolute atomic E-state index is 0.112. The minimum Gasteiger partial charge on any atom is -0.481 e. The van der Waals surface area contributed by atoms with Gasteiger partial charge in [-0.1, -0.05) is 6.92 Å². The number of aromatic nitrogens is 4. The fraction of sp³-hybridized carbons (Fsp3) is 0.312. The summed E-state index contributed by atoms with van der Waals surface area (Å²) < 4.78 is 70.5. The van der Waals surface area contributed by atoms with Crippen LogP contribution in [0.15, 0.2) is 29.4 Å². The molecule has 7 nitrogen and oxygen atoms in total. The van der Waals surface area contributed by atoms with Crippen LogP contribution in [-0.2, 0) is 23.1 Å². The van der Waals surface area contributed by atoms with E-state index in [-0.39, 0.29) is 17.3 Å². The van der Waals surface area contributed by atoms with Crippen LogP contribution in [0.4, 0.5) is 13.2 Å². The number of methoxy groups -OCH3 is 1. The van der Waals surface area contributed by atoms with E-state index in [2.05, 4.69) is 15.0 Å². The molecule has 0 radical (unpaired) electrons. The highest BCUT2D eigenvalue weighted by Crippen LogP contribution is 2.34. The molecule has 0 aromatic carbocycles. The first kappa shape index (κ1) is 19.1. The normalized spacial score (nSPS) is 12.5. The van der Waals surface area contributed by atoms with Crippen LogP contribution in [0.2, 0.25) is 0 Å². The van der Waals surface area contributed by atoms with Gasteiger partial charge in [0.1, 0.15) is 5.69 Å². The Balaban J connectivity index is 2.31. The topological polar surface area (TPSA) is 87.0 Å². The Kier molecular flexibility index (Phi) is 4.58. The first-order valence-electron chi connectivity index (χ1n) is 7.75. The Morgan fingerprint density at radius 3 is 2.48 bits per heavy atom. The lowest BCUT2D eigenvalue weighted by atomic mass is 10.2. The van der Waals surface area contributed by atoms with E-state index in [0.29, 0.717) is 29.2 Å². The lowest BCUT2D eigenvalue weighted by Gasteiger charge is -2.12. The zero-order valence-electron chi connectivity index (χ0n) is 14.6. The third-order valence-electron chi connectivity index (χ3n) is 4.06. The van der Waals surface area contributed by atoms with Crippen LogP contribution in [0.5, 0.6) is 5.88 Å². The molecular formula is C16H15F3N4O3S. The number of pyridine rings is 2. The van der Waals surface area contributed by atoms with Gasteiger partial charge in [0.2, 0.25) is 5.88 Å². The number of rotatable bonds is 4. The van der Waals surface area contributed by atoms with Crippen molar-refractivity contribution in [1.82, 2.24) is 19.5 Å². The molecule has 0 saturated carbocycles. The zero-order chi connectivity index (χ0) is 20.0. The van der Waals surface area contributed by atoms with Crippen LogP contribution in [0.3, 0.4) is 0 Å². The Hall–Kier alpha value is -2.69. The third kappa shape index (κ3) is 3.34. The van der Waals surface area contributed by atoms with Crippen LogP contribution < -0.4 is 4.74 Å². The van der Waals surface area contributed by atoms with Gasteiger partial charge in [-0.05, 0) is 6.07 Å². The first-order valence-corrected chi connectivity index (χ1v) is 9.40. The van der Waals surface area contributed by atoms with Gasteiger partial charge >= 0.3 is 6.18 Å². The highest BCUT2D eigenvalue weighted by Gasteiger charge is 2.34. The van der Waals surface area contributed by atoms with E-state index in [1.54, 1.807) is 7.05 Å². The highest BCUT2D eigenvalue weighted by atomic mass is 32.2. The number of sulfone groups is 1. The summed E-state index contributed by atoms with van der Waals surface area (Å²) >= 11 is 0. The largest absolute Gasteiger partial charge is 0.481 e. The number of halogens is 3. The van der Waals surface area contributed by atoms with Crippen LogP contribution in [0.1, 0.15) is 12.5 Å². The quantitative estimate of drug-likeness (QED) is 0.669. The molecule has 3 aromatic heterocycles. The molecule has 3 heterocycles. The number of aryl methyl sites for hydroxylation is 1. The van der Waals surface area contributed by atoms with Gasteiger partial charge in [-0.3, -0.25) is 4.98 Å². The van der Waals surface area contributed by atoms with Crippen molar-refractivity contribution in [3.63, 3.8) is 0 Å². The molecule has 0 bridgehead atoms. The molecule has 11 heteroatoms. The lowest BCUT2D eigenvalue weighted by molar-refractivity contribution is -0.138. The van der Waals surface area contributed by atoms with Gasteiger partial charge in [0.25, 0.3) is 0 Å². The maximum atomic E-state index is 13.0. The molecule has 144 valence electrons. The molecule has 0 saturated heterocycles. The number of fused-ring (bicyclic) bond motifs is 1. The van der Waals surface area contributed by atoms with E-state index in [1.807, 2.05) is 0 Å². The Morgan fingerprint density at radius 1 is 1.19 bits per heavy atom. The van der Waals surface area contributed by atoms with Gasteiger partial charge < -0.3 is 9.30 Å². The van der Waals surface area contributed by atoms with Crippen molar-refractivity contribution < 1.29 is 26.3 Å². The second-order valence-electron chi connectivity index (χ2n) is 5.68. The summed E-state index contributed by atoms with van der Waals surface area (Å²) in [7, 11) is -0.953. The molecule has 0 N–H and O–H groups in total. The average Bonchev–Trinajstić information content (AvgIpc) is 2.96. The van der Waals surface area contributed by atoms with Crippen molar-refractivity contribution in [1.29, 1.82) is 0 Å². The maximum absolute atomic E-state index is 13.0. The van der Waals surface area contributed by atoms with Crippen molar-refractivity contribution in [2.24, 2.45) is 7.05 Å². The van der Waals surface area contributed by atoms with Crippen LogP contribution >= 0.6 is 0 Å². The van der Waals surface area contributed by atoms with E-state index in [9.17, 15) is 21.6 Å². The van der Waals surface area contributed by atoms with Crippen molar-refractivity contribution >= 4 is 20.9 Å². The minimum atomic E-state index is -4.72. The molecule has 0 amide bonds. The van der Waals surface area contributed by atoms with Gasteiger partial charge in [0.15, 0.2) is 15.7 Å². The summed E-state index contributed by atoms with van der Waals surface area (Å²) in [5.74, 6) is 0.0391. The standard InChI is InChI=1S/C16H15F3N4O3S/c1-4-27(24,25)12-5-9(16(17,18)19)7-21-14(12)15-22-10-6-13(26-3)20-8-11(10)23(15)2/h5-8H,4H2,1-3H3. The molecule has 0 atom stereocenters. The maximum Gasteiger partial charge on any atom is 0.417 e. The predicted octanol–water partition coefficient (Wildman–Crippen LogP) is 2.85. The van der Waals surface area contributed by atoms with Gasteiger partial charge in [-0.15, -0.1) is 0 Å². The predicted molar refractivity (Wildman–Crippen MR) is 91.0 cm³/mol. The van der Waals surface area contributed by atoms with Gasteiger partial charge in [-0.25, -0.2) is 18.4 Å². The molecule has 0 fully saturated rings. The third-order valence-corrected chi connectivity index (χ3v) is 5.80. The molecule has 27 heavy (non-hydrogen) atoms. The molecule has 0 aliphatic rings. The summed E-state index contributed by atoms with van der Waals surface area (Å²) in [6, 6.07) is 2.14. The van der Waals surface area contributed by atoms with E-state index in [1.165, 1.54) is 30.9 Å². The molecular weight excluding hydrogens is 385 g/mol. The second-order valence-corrected chi connectivity index (χ2v) is 7.93. The van der Waals surface area contributed by atoms with Gasteiger partial charge in [-0.2, -0.15) is 13.2 Å². The lowest BCUT2D eigenvalue weighted by Crippen LogP contribution is -2.13. The van der Waals surface area contributed by atoms with Crippen molar-refractivity contribution in [3.05, 3.63) is 30.1 Å². The fourth-order valence-electron chi connectivity index (χ4n) is 2.55. The summed E-state index contributed by atoms with van der Waals surface area (Å²) in [5, 5.41) is 0. The molecule has 0 aliphatic heterocycles. The Morgan fingerprint density at radius 2 is 1.89 bits per heavy atom. The summed E-state index contributed by atoms with van der Waals surface area (Å²) in [6.45, 7) is 1.35. The Labute approximate surface area is 152 Å². The number of alkyl halides is 3. The fourth-order valence-corrected chi connectivity index (χ4v) is 3.61. The highest BCUT2D eigenvalue weighted by molar-refractivity contribution is 7.91. The number of hydrogen-bond acceptors (Lipinski definition) is 6.